The molecule has 0 saturated carbocycles. The van der Waals surface area contributed by atoms with Gasteiger partial charge in [0, 0.05) is 32.9 Å². The first-order valence-corrected chi connectivity index (χ1v) is 8.31. The molecule has 1 saturated heterocycles. The van der Waals surface area contributed by atoms with Gasteiger partial charge in [-0.05, 0) is 18.6 Å². The van der Waals surface area contributed by atoms with E-state index in [1.165, 1.54) is 4.31 Å². The van der Waals surface area contributed by atoms with Crippen LogP contribution in [0.4, 0.5) is 5.82 Å². The Labute approximate surface area is 123 Å². The average Bonchev–Trinajstić information content (AvgIpc) is 2.66. The second kappa shape index (κ2) is 5.63. The highest BCUT2D eigenvalue weighted by Gasteiger charge is 2.31. The molecule has 114 valence electrons. The topological polar surface area (TPSA) is 75.9 Å². The van der Waals surface area contributed by atoms with E-state index in [0.29, 0.717) is 44.2 Å². The number of aromatic nitrogens is 2. The number of anilines is 1. The monoisotopic (exact) mass is 310 g/mol. The minimum absolute atomic E-state index is 0.183. The molecule has 7 nitrogen and oxygen atoms in total. The number of sulfonamides is 1. The second-order valence-corrected chi connectivity index (χ2v) is 6.67. The van der Waals surface area contributed by atoms with E-state index in [4.69, 9.17) is 4.74 Å². The van der Waals surface area contributed by atoms with E-state index in [0.717, 1.165) is 0 Å². The first-order chi connectivity index (χ1) is 10.1. The van der Waals surface area contributed by atoms with Crippen molar-refractivity contribution in [3.8, 4) is 0 Å². The highest BCUT2D eigenvalue weighted by atomic mass is 32.2. The summed E-state index contributed by atoms with van der Waals surface area (Å²) in [6.45, 7) is 1.85. The molecule has 8 heteroatoms. The lowest BCUT2D eigenvalue weighted by Gasteiger charge is -2.19. The van der Waals surface area contributed by atoms with Gasteiger partial charge in [0.15, 0.2) is 10.8 Å². The number of fused-ring (bicyclic) bond motifs is 1. The van der Waals surface area contributed by atoms with Crippen LogP contribution >= 0.6 is 0 Å². The second-order valence-electron chi connectivity index (χ2n) is 4.81. The highest BCUT2D eigenvalue weighted by molar-refractivity contribution is 7.89. The Balaban J connectivity index is 2.13. The molecule has 2 aromatic rings. The Hall–Kier alpha value is -1.64. The van der Waals surface area contributed by atoms with Crippen LogP contribution in [-0.4, -0.2) is 55.5 Å². The van der Waals surface area contributed by atoms with Crippen LogP contribution in [0.1, 0.15) is 6.42 Å². The molecule has 0 aromatic carbocycles. The fourth-order valence-electron chi connectivity index (χ4n) is 2.47. The normalized spacial score (nSPS) is 17.8. The van der Waals surface area contributed by atoms with Crippen LogP contribution in [0.5, 0.6) is 0 Å². The number of nitrogens with zero attached hydrogens (tertiary/aromatic N) is 3. The molecular formula is C13H18N4O3S. The number of imidazole rings is 1. The summed E-state index contributed by atoms with van der Waals surface area (Å²) >= 11 is 0. The summed E-state index contributed by atoms with van der Waals surface area (Å²) in [5, 5.41) is 3.06. The van der Waals surface area contributed by atoms with Gasteiger partial charge >= 0.3 is 0 Å². The number of hydrogen-bond donors (Lipinski definition) is 1. The fourth-order valence-corrected chi connectivity index (χ4v) is 4.19. The van der Waals surface area contributed by atoms with Crippen LogP contribution in [0, 0.1) is 0 Å². The maximum absolute atomic E-state index is 13.0. The van der Waals surface area contributed by atoms with Crippen molar-refractivity contribution in [2.75, 3.05) is 38.7 Å². The fraction of sp³-hybridized carbons (Fsp3) is 0.462. The van der Waals surface area contributed by atoms with E-state index in [9.17, 15) is 8.42 Å². The zero-order valence-electron chi connectivity index (χ0n) is 11.8. The van der Waals surface area contributed by atoms with Crippen LogP contribution in [0.3, 0.4) is 0 Å². The van der Waals surface area contributed by atoms with E-state index >= 15 is 0 Å². The van der Waals surface area contributed by atoms with Gasteiger partial charge in [0.1, 0.15) is 5.65 Å². The number of pyridine rings is 1. The van der Waals surface area contributed by atoms with E-state index < -0.39 is 10.0 Å². The quantitative estimate of drug-likeness (QED) is 0.907. The third-order valence-corrected chi connectivity index (χ3v) is 5.41. The van der Waals surface area contributed by atoms with Crippen LogP contribution in [-0.2, 0) is 14.8 Å². The zero-order chi connectivity index (χ0) is 14.9. The van der Waals surface area contributed by atoms with Crippen LogP contribution in [0.25, 0.3) is 5.65 Å². The molecule has 0 aliphatic carbocycles. The molecule has 1 aliphatic heterocycles. The summed E-state index contributed by atoms with van der Waals surface area (Å²) in [4.78, 5) is 4.33. The molecule has 1 fully saturated rings. The van der Waals surface area contributed by atoms with Crippen molar-refractivity contribution >= 4 is 21.5 Å². The number of ether oxygens (including phenoxy) is 1. The third kappa shape index (κ3) is 2.50. The summed E-state index contributed by atoms with van der Waals surface area (Å²) in [7, 11) is -1.95. The maximum Gasteiger partial charge on any atom is 0.262 e. The van der Waals surface area contributed by atoms with Gasteiger partial charge in [-0.15, -0.1) is 0 Å². The Morgan fingerprint density at radius 1 is 1.29 bits per heavy atom. The average molecular weight is 310 g/mol. The molecule has 0 bridgehead atoms. The van der Waals surface area contributed by atoms with E-state index in [2.05, 4.69) is 10.3 Å². The molecule has 0 atom stereocenters. The summed E-state index contributed by atoms with van der Waals surface area (Å²) in [6, 6.07) is 5.40. The van der Waals surface area contributed by atoms with Gasteiger partial charge in [-0.1, -0.05) is 6.07 Å². The molecule has 1 N–H and O–H groups in total. The zero-order valence-corrected chi connectivity index (χ0v) is 12.6. The molecule has 1 aliphatic rings. The number of rotatable bonds is 3. The summed E-state index contributed by atoms with van der Waals surface area (Å²) in [5.74, 6) is 0.367. The van der Waals surface area contributed by atoms with Crippen LogP contribution in [0.15, 0.2) is 29.4 Å². The van der Waals surface area contributed by atoms with Crippen molar-refractivity contribution in [1.82, 2.24) is 13.7 Å². The lowest BCUT2D eigenvalue weighted by molar-refractivity contribution is 0.148. The number of hydrogen-bond acceptors (Lipinski definition) is 5. The predicted octanol–water partition coefficient (Wildman–Crippen LogP) is 0.787. The van der Waals surface area contributed by atoms with Crippen molar-refractivity contribution in [2.24, 2.45) is 0 Å². The summed E-state index contributed by atoms with van der Waals surface area (Å²) in [6.07, 6.45) is 2.41. The van der Waals surface area contributed by atoms with Gasteiger partial charge in [0.2, 0.25) is 0 Å². The van der Waals surface area contributed by atoms with Gasteiger partial charge in [0.05, 0.1) is 6.61 Å². The SMILES string of the molecule is CNc1nc2ccccn2c1S(=O)(=O)N1CCCOCC1. The lowest BCUT2D eigenvalue weighted by atomic mass is 10.5. The van der Waals surface area contributed by atoms with E-state index in [-0.39, 0.29) is 5.03 Å². The van der Waals surface area contributed by atoms with Crippen molar-refractivity contribution in [1.29, 1.82) is 0 Å². The van der Waals surface area contributed by atoms with Crippen molar-refractivity contribution in [2.45, 2.75) is 11.4 Å². The molecule has 0 spiro atoms. The van der Waals surface area contributed by atoms with Gasteiger partial charge < -0.3 is 10.1 Å². The summed E-state index contributed by atoms with van der Waals surface area (Å²) < 4.78 is 34.3. The lowest BCUT2D eigenvalue weighted by Crippen LogP contribution is -2.34. The molecule has 3 rings (SSSR count). The van der Waals surface area contributed by atoms with Crippen molar-refractivity contribution < 1.29 is 13.2 Å². The first-order valence-electron chi connectivity index (χ1n) is 6.87. The van der Waals surface area contributed by atoms with Gasteiger partial charge in [0.25, 0.3) is 10.0 Å². The molecule has 2 aromatic heterocycles. The van der Waals surface area contributed by atoms with Crippen molar-refractivity contribution in [3.63, 3.8) is 0 Å². The highest BCUT2D eigenvalue weighted by Crippen LogP contribution is 2.26. The summed E-state index contributed by atoms with van der Waals surface area (Å²) in [5.41, 5.74) is 0.603. The third-order valence-electron chi connectivity index (χ3n) is 3.49. The minimum atomic E-state index is -3.62. The Morgan fingerprint density at radius 2 is 2.14 bits per heavy atom. The van der Waals surface area contributed by atoms with Gasteiger partial charge in [-0.3, -0.25) is 4.40 Å². The standard InChI is InChI=1S/C13H18N4O3S/c1-14-12-13(17-7-3-2-5-11(17)15-12)21(18,19)16-6-4-9-20-10-8-16/h2-3,5,7,14H,4,6,8-10H2,1H3. The van der Waals surface area contributed by atoms with Crippen LogP contribution in [0.2, 0.25) is 0 Å². The Kier molecular flexibility index (Phi) is 3.83. The molecule has 0 amide bonds. The number of nitrogens with one attached hydrogen (secondary N) is 1. The van der Waals surface area contributed by atoms with E-state index in [1.54, 1.807) is 29.8 Å². The van der Waals surface area contributed by atoms with E-state index in [1.807, 2.05) is 6.07 Å². The molecular weight excluding hydrogens is 292 g/mol. The van der Waals surface area contributed by atoms with Crippen LogP contribution < -0.4 is 5.32 Å². The Bertz CT molecular complexity index is 733. The maximum atomic E-state index is 13.0. The Morgan fingerprint density at radius 3 is 2.95 bits per heavy atom. The predicted molar refractivity (Wildman–Crippen MR) is 78.9 cm³/mol. The molecule has 0 radical (unpaired) electrons. The largest absolute Gasteiger partial charge is 0.380 e. The molecule has 0 unspecified atom stereocenters. The smallest absolute Gasteiger partial charge is 0.262 e. The molecule has 3 heterocycles. The molecule has 21 heavy (non-hydrogen) atoms. The minimum Gasteiger partial charge on any atom is -0.380 e. The first kappa shape index (κ1) is 14.3. The van der Waals surface area contributed by atoms with Gasteiger partial charge in [-0.2, -0.15) is 4.31 Å². The van der Waals surface area contributed by atoms with Crippen molar-refractivity contribution in [3.05, 3.63) is 24.4 Å². The van der Waals surface area contributed by atoms with Gasteiger partial charge in [-0.25, -0.2) is 13.4 Å².